The van der Waals surface area contributed by atoms with E-state index < -0.39 is 188 Å². The summed E-state index contributed by atoms with van der Waals surface area (Å²) in [7, 11) is -0.536. The van der Waals surface area contributed by atoms with Crippen molar-refractivity contribution in [2.75, 3.05) is 73.3 Å². The zero-order chi connectivity index (χ0) is 88.5. The molecular weight excluding hydrogens is 1580 g/mol. The Morgan fingerprint density at radius 3 is 0.949 bits per heavy atom. The molecule has 0 aliphatic carbocycles. The van der Waals surface area contributed by atoms with E-state index in [9.17, 15) is 84.6 Å². The van der Waals surface area contributed by atoms with Gasteiger partial charge in [-0.2, -0.15) is 0 Å². The number of rotatable bonds is 38. The zero-order valence-corrected chi connectivity index (χ0v) is 72.2. The maximum absolute atomic E-state index is 14.3. The van der Waals surface area contributed by atoms with Crippen molar-refractivity contribution in [3.63, 3.8) is 0 Å². The number of aliphatic hydroxyl groups is 2. The average Bonchev–Trinajstić information content (AvgIpc) is 1.58. The van der Waals surface area contributed by atoms with Crippen LogP contribution in [0.3, 0.4) is 0 Å². The van der Waals surface area contributed by atoms with Gasteiger partial charge in [0.2, 0.25) is 12.2 Å². The van der Waals surface area contributed by atoms with Crippen LogP contribution in [0.1, 0.15) is 208 Å². The molecule has 2 aliphatic heterocycles. The number of nitrogens with zero attached hydrogens (tertiary/aromatic N) is 2. The van der Waals surface area contributed by atoms with Gasteiger partial charge in [0.05, 0.1) is 33.5 Å². The Morgan fingerprint density at radius 1 is 0.398 bits per heavy atom. The Labute approximate surface area is 690 Å². The number of amides is 2. The lowest BCUT2D eigenvalue weighted by Crippen LogP contribution is -2.56. The van der Waals surface area contributed by atoms with Crippen LogP contribution in [0.4, 0.5) is 22.7 Å². The molecule has 0 bridgehead atoms. The quantitative estimate of drug-likeness (QED) is 0.0240. The van der Waals surface area contributed by atoms with Gasteiger partial charge in [-0.15, -0.1) is 0 Å². The number of ether oxygens (including phenoxy) is 10. The zero-order valence-electron chi connectivity index (χ0n) is 70.5. The Kier molecular flexibility index (Phi) is 37.3. The molecule has 652 valence electrons. The van der Waals surface area contributed by atoms with Gasteiger partial charge in [-0.3, -0.25) is 57.5 Å². The van der Waals surface area contributed by atoms with Crippen LogP contribution in [0.2, 0.25) is 0 Å². The summed E-state index contributed by atoms with van der Waals surface area (Å²) in [5, 5.41) is 30.6. The number of carbonyl (C=O) groups excluding carboxylic acids is 12. The standard InChI is InChI=1S/2C42H58N2O14S/c2*1-10-12-19-42(20-13-11-2)24-59(52,53)35-18-17-32(44(8)9)22-33(35)36(40(42)50)30-15-14-16-31(21-30)43-41(51)39(58-29(7)49)38(57-28(6)48)37(56-27(5)47)34(55-26(4)46)23-54-25(3)45/h2*14-18,21-22,34,36-40,50H,10-13,19-20,23-24H2,1-9H3,(H,43,51)/t34-,36+,37-,38+,39-,40+;34-,36-,37-,38+,39-,40-/m11/s1. The van der Waals surface area contributed by atoms with Gasteiger partial charge in [-0.25, -0.2) is 16.8 Å². The number of hydrogen-bond acceptors (Lipinski definition) is 30. The molecule has 4 N–H and O–H groups in total. The minimum Gasteiger partial charge on any atom is -0.462 e. The molecule has 2 heterocycles. The predicted molar refractivity (Wildman–Crippen MR) is 432 cm³/mol. The van der Waals surface area contributed by atoms with E-state index in [0.29, 0.717) is 85.0 Å². The second-order valence-corrected chi connectivity index (χ2v) is 34.1. The summed E-state index contributed by atoms with van der Waals surface area (Å²) in [5.74, 6) is -13.8. The second-order valence-electron chi connectivity index (χ2n) is 30.2. The van der Waals surface area contributed by atoms with E-state index in [0.717, 1.165) is 94.9 Å². The summed E-state index contributed by atoms with van der Waals surface area (Å²) < 4.78 is 110. The molecule has 12 atom stereocenters. The van der Waals surface area contributed by atoms with Crippen LogP contribution in [0.15, 0.2) is 94.7 Å². The molecule has 0 saturated heterocycles. The smallest absolute Gasteiger partial charge is 0.303 e. The van der Waals surface area contributed by atoms with Crippen LogP contribution in [-0.2, 0) is 125 Å². The third-order valence-electron chi connectivity index (χ3n) is 20.2. The van der Waals surface area contributed by atoms with Gasteiger partial charge in [0.1, 0.15) is 13.2 Å². The van der Waals surface area contributed by atoms with Gasteiger partial charge in [0, 0.05) is 143 Å². The van der Waals surface area contributed by atoms with E-state index in [4.69, 9.17) is 47.4 Å². The molecule has 4 aromatic carbocycles. The fourth-order valence-corrected chi connectivity index (χ4v) is 19.4. The number of anilines is 4. The van der Waals surface area contributed by atoms with Crippen LogP contribution in [0, 0.1) is 10.8 Å². The molecule has 6 rings (SSSR count). The third-order valence-corrected chi connectivity index (χ3v) is 24.2. The Hall–Kier alpha value is -10.1. The number of unbranched alkanes of at least 4 members (excludes halogenated alkanes) is 4. The number of esters is 10. The number of sulfone groups is 2. The second kappa shape index (κ2) is 44.7. The molecule has 0 saturated carbocycles. The molecule has 0 spiro atoms. The lowest BCUT2D eigenvalue weighted by Gasteiger charge is -2.40. The Morgan fingerprint density at radius 2 is 0.686 bits per heavy atom. The number of fused-ring (bicyclic) bond motifs is 2. The largest absolute Gasteiger partial charge is 0.462 e. The van der Waals surface area contributed by atoms with Gasteiger partial charge >= 0.3 is 59.7 Å². The van der Waals surface area contributed by atoms with Gasteiger partial charge in [0.15, 0.2) is 56.3 Å². The monoisotopic (exact) mass is 1690 g/mol. The number of benzene rings is 4. The molecule has 118 heavy (non-hydrogen) atoms. The van der Waals surface area contributed by atoms with Crippen molar-refractivity contribution in [1.29, 1.82) is 0 Å². The van der Waals surface area contributed by atoms with E-state index in [-0.39, 0.29) is 32.7 Å². The molecule has 2 aliphatic rings. The molecule has 32 nitrogen and oxygen atoms in total. The van der Waals surface area contributed by atoms with Gasteiger partial charge in [0.25, 0.3) is 11.8 Å². The lowest BCUT2D eigenvalue weighted by molar-refractivity contribution is -0.202. The molecule has 2 amide bonds. The van der Waals surface area contributed by atoms with Crippen LogP contribution in [0.5, 0.6) is 0 Å². The molecule has 34 heteroatoms. The van der Waals surface area contributed by atoms with E-state index in [1.165, 1.54) is 12.1 Å². The normalized spacial score (nSPS) is 18.6. The summed E-state index contributed by atoms with van der Waals surface area (Å²) in [4.78, 5) is 155. The average molecular weight is 1690 g/mol. The minimum atomic E-state index is -3.91. The van der Waals surface area contributed by atoms with Crippen molar-refractivity contribution in [3.8, 4) is 0 Å². The summed E-state index contributed by atoms with van der Waals surface area (Å²) in [5.41, 5.74) is 1.34. The van der Waals surface area contributed by atoms with Crippen molar-refractivity contribution in [2.45, 2.75) is 257 Å². The van der Waals surface area contributed by atoms with E-state index in [2.05, 4.69) is 10.6 Å². The number of carbonyl (C=O) groups is 12. The highest BCUT2D eigenvalue weighted by atomic mass is 32.2. The molecule has 4 aromatic rings. The minimum absolute atomic E-state index is 0.100. The maximum Gasteiger partial charge on any atom is 0.303 e. The highest BCUT2D eigenvalue weighted by Crippen LogP contribution is 2.53. The fraction of sp³-hybridized carbons (Fsp3) is 0.571. The molecule has 0 unspecified atom stereocenters. The third kappa shape index (κ3) is 27.5. The van der Waals surface area contributed by atoms with Crippen LogP contribution in [0.25, 0.3) is 0 Å². The van der Waals surface area contributed by atoms with E-state index >= 15 is 0 Å². The first-order valence-electron chi connectivity index (χ1n) is 39.2. The van der Waals surface area contributed by atoms with Gasteiger partial charge < -0.3 is 78.0 Å². The predicted octanol–water partition coefficient (Wildman–Crippen LogP) is 9.26. The summed E-state index contributed by atoms with van der Waals surface area (Å²) in [6.45, 7) is 16.7. The summed E-state index contributed by atoms with van der Waals surface area (Å²) in [6.07, 6.45) is -9.59. The number of aliphatic hydroxyl groups excluding tert-OH is 2. The topological polar surface area (TPSA) is 436 Å². The van der Waals surface area contributed by atoms with Crippen molar-refractivity contribution >= 4 is 114 Å². The molecule has 0 aromatic heterocycles. The van der Waals surface area contributed by atoms with Crippen LogP contribution in [-0.4, -0.2) is 213 Å². The van der Waals surface area contributed by atoms with Crippen molar-refractivity contribution in [2.24, 2.45) is 10.8 Å². The van der Waals surface area contributed by atoms with Crippen LogP contribution >= 0.6 is 0 Å². The fourth-order valence-electron chi connectivity index (χ4n) is 15.0. The lowest BCUT2D eigenvalue weighted by atomic mass is 9.68. The first-order valence-corrected chi connectivity index (χ1v) is 42.5. The molecule has 0 fully saturated rings. The maximum atomic E-state index is 14.3. The van der Waals surface area contributed by atoms with Gasteiger partial charge in [-0.1, -0.05) is 103 Å². The SMILES string of the molecule is CCCCC1(CCCC)CS(=O)(=O)c2ccc(N(C)C)cc2[C@@H](c2cccc(NC(=O)[C@H](OC(C)=O)[C@@H](OC(C)=O)[C@H](OC(C)=O)[C@@H](COC(C)=O)OC(C)=O)c2)[C@H]1O.CCCCC1(CCCC)CS(=O)(=O)c2ccc(N(C)C)cc2[C@H](c2cccc(NC(=O)[C@H](OC(C)=O)[C@@H](OC(C)=O)[C@H](OC(C)=O)[C@@H](COC(C)=O)OC(C)=O)c2)[C@@H]1O. The summed E-state index contributed by atoms with van der Waals surface area (Å²) in [6, 6.07) is 22.9. The first-order chi connectivity index (χ1) is 55.3. The van der Waals surface area contributed by atoms with E-state index in [1.54, 1.807) is 72.8 Å². The van der Waals surface area contributed by atoms with Crippen LogP contribution < -0.4 is 20.4 Å². The highest BCUT2D eigenvalue weighted by Gasteiger charge is 2.54. The van der Waals surface area contributed by atoms with Crippen molar-refractivity contribution < 1.29 is 132 Å². The van der Waals surface area contributed by atoms with E-state index in [1.807, 2.05) is 65.7 Å². The van der Waals surface area contributed by atoms with Gasteiger partial charge in [-0.05, 0) is 109 Å². The number of nitrogens with one attached hydrogen (secondary N) is 2. The highest BCUT2D eigenvalue weighted by molar-refractivity contribution is 7.91. The first kappa shape index (κ1) is 98.5. The van der Waals surface area contributed by atoms with Crippen molar-refractivity contribution in [1.82, 2.24) is 0 Å². The Bertz CT molecular complexity index is 4160. The number of hydrogen-bond donors (Lipinski definition) is 4. The Balaban J connectivity index is 0.000000420. The molecule has 0 radical (unpaired) electrons. The van der Waals surface area contributed by atoms with Crippen molar-refractivity contribution in [3.05, 3.63) is 107 Å². The molecular formula is C84H116N4O28S2. The summed E-state index contributed by atoms with van der Waals surface area (Å²) >= 11 is 0.